The minimum atomic E-state index is -4.80. The predicted octanol–water partition coefficient (Wildman–Crippen LogP) is 9.21. The Hall–Kier alpha value is -5.71. The number of sulfonamides is 1. The fraction of sp³-hybridized carbons (Fsp3) is 0.480. The van der Waals surface area contributed by atoms with Crippen molar-refractivity contribution in [3.63, 3.8) is 0 Å². The van der Waals surface area contributed by atoms with Gasteiger partial charge in [-0.1, -0.05) is 38.1 Å². The molecule has 1 amide bonds. The Kier molecular flexibility index (Phi) is 10.7. The summed E-state index contributed by atoms with van der Waals surface area (Å²) in [5.74, 6) is -0.596. The number of aromatic amines is 1. The maximum atomic E-state index is 14.2. The second-order valence-electron chi connectivity index (χ2n) is 19.2. The summed E-state index contributed by atoms with van der Waals surface area (Å²) in [4.78, 5) is 36.3. The Morgan fingerprint density at radius 2 is 1.86 bits per heavy atom. The number of aliphatic hydroxyl groups is 1. The molecule has 2 saturated heterocycles. The van der Waals surface area contributed by atoms with Crippen LogP contribution in [0.1, 0.15) is 123 Å². The van der Waals surface area contributed by atoms with Crippen molar-refractivity contribution in [2.45, 2.75) is 120 Å². The molecule has 16 heteroatoms. The van der Waals surface area contributed by atoms with Crippen molar-refractivity contribution in [3.8, 4) is 17.2 Å². The number of fused-ring (bicyclic) bond motifs is 2. The second kappa shape index (κ2) is 17.8. The number of rotatable bonds is 12. The van der Waals surface area contributed by atoms with E-state index >= 15 is 0 Å². The molecule has 3 aromatic carbocycles. The van der Waals surface area contributed by atoms with Crippen LogP contribution in [0.5, 0.6) is 17.2 Å². The van der Waals surface area contributed by atoms with Crippen molar-refractivity contribution in [1.82, 2.24) is 19.6 Å². The summed E-state index contributed by atoms with van der Waals surface area (Å²) in [6, 6.07) is 18.1. The number of H-pyrrole nitrogens is 1. The van der Waals surface area contributed by atoms with Crippen LogP contribution in [0, 0.1) is 21.4 Å². The predicted molar refractivity (Wildman–Crippen MR) is 252 cm³/mol. The normalized spacial score (nSPS) is 25.7. The largest absolute Gasteiger partial charge is 0.489 e. The Morgan fingerprint density at radius 3 is 2.64 bits per heavy atom. The number of ether oxygens (including phenoxy) is 2. The van der Waals surface area contributed by atoms with Gasteiger partial charge in [-0.05, 0) is 130 Å². The Morgan fingerprint density at radius 1 is 1.08 bits per heavy atom. The maximum absolute atomic E-state index is 14.2. The van der Waals surface area contributed by atoms with Gasteiger partial charge in [-0.15, -0.1) is 0 Å². The average molecular weight is 922 g/mol. The van der Waals surface area contributed by atoms with E-state index in [-0.39, 0.29) is 77.9 Å². The van der Waals surface area contributed by atoms with Crippen LogP contribution in [-0.4, -0.2) is 83.6 Å². The van der Waals surface area contributed by atoms with Crippen LogP contribution in [0.15, 0.2) is 84.0 Å². The van der Waals surface area contributed by atoms with Crippen LogP contribution in [-0.2, 0) is 10.0 Å². The summed E-state index contributed by atoms with van der Waals surface area (Å²) in [5.41, 5.74) is 1.91. The number of hydrogen-bond donors (Lipinski definition) is 4. The van der Waals surface area contributed by atoms with Crippen molar-refractivity contribution in [2.24, 2.45) is 11.3 Å². The molecule has 0 bridgehead atoms. The highest BCUT2D eigenvalue weighted by atomic mass is 32.2. The van der Waals surface area contributed by atoms with Gasteiger partial charge in [0.2, 0.25) is 0 Å². The first-order valence-corrected chi connectivity index (χ1v) is 24.6. The van der Waals surface area contributed by atoms with E-state index in [0.717, 1.165) is 49.3 Å². The quantitative estimate of drug-likeness (QED) is 0.0686. The van der Waals surface area contributed by atoms with Gasteiger partial charge < -0.3 is 29.8 Å². The zero-order chi connectivity index (χ0) is 49.3. The molecule has 2 atom stereocenters. The number of nitro benzene ring substituents is 1. The van der Waals surface area contributed by atoms with E-state index in [4.69, 9.17) is 9.47 Å². The van der Waals surface area contributed by atoms with Gasteiger partial charge >= 0.3 is 0 Å². The number of nitrogens with one attached hydrogen (secondary N) is 3. The highest BCUT2D eigenvalue weighted by Gasteiger charge is 2.50. The van der Waals surface area contributed by atoms with Gasteiger partial charge in [-0.25, -0.2) is 18.1 Å². The zero-order valence-corrected chi connectivity index (χ0v) is 38.0. The lowest BCUT2D eigenvalue weighted by atomic mass is 9.59. The number of aliphatic hydroxyl groups excluding tert-OH is 1. The summed E-state index contributed by atoms with van der Waals surface area (Å²) in [7, 11) is -4.80. The lowest BCUT2D eigenvalue weighted by Crippen LogP contribution is -2.54. The molecule has 15 nitrogen and oxygen atoms in total. The number of nitro groups is 1. The summed E-state index contributed by atoms with van der Waals surface area (Å²) in [6.45, 7) is 1.10. The monoisotopic (exact) mass is 921 g/mol. The molecule has 2 aliphatic carbocycles. The number of piperidine rings is 1. The number of aromatic nitrogens is 2. The highest BCUT2D eigenvalue weighted by molar-refractivity contribution is 7.90. The van der Waals surface area contributed by atoms with E-state index in [9.17, 15) is 33.9 Å². The molecule has 66 heavy (non-hydrogen) atoms. The van der Waals surface area contributed by atoms with Gasteiger partial charge in [-0.3, -0.25) is 19.8 Å². The number of benzene rings is 3. The molecule has 2 saturated carbocycles. The lowest BCUT2D eigenvalue weighted by molar-refractivity contribution is -0.384. The van der Waals surface area contributed by atoms with E-state index in [1.807, 2.05) is 4.72 Å². The number of nitrogens with zero attached hydrogens (tertiary/aromatic N) is 4. The first-order valence-electron chi connectivity index (χ1n) is 25.2. The fourth-order valence-corrected chi connectivity index (χ4v) is 11.9. The number of hydrogen-bond acceptors (Lipinski definition) is 12. The third-order valence-electron chi connectivity index (χ3n) is 14.4. The Labute approximate surface area is 391 Å². The second-order valence-corrected chi connectivity index (χ2v) is 20.9. The molecule has 348 valence electrons. The van der Waals surface area contributed by atoms with Crippen molar-refractivity contribution in [1.29, 1.82) is 0 Å². The van der Waals surface area contributed by atoms with Gasteiger partial charge in [0.15, 0.2) is 11.4 Å². The van der Waals surface area contributed by atoms with Crippen molar-refractivity contribution in [2.75, 3.05) is 36.4 Å². The molecule has 5 aromatic rings. The zero-order valence-electron chi connectivity index (χ0n) is 41.2. The molecule has 5 heterocycles. The van der Waals surface area contributed by atoms with Crippen LogP contribution in [0.3, 0.4) is 0 Å². The Balaban J connectivity index is 0.904. The summed E-state index contributed by atoms with van der Waals surface area (Å²) >= 11 is 0. The van der Waals surface area contributed by atoms with E-state index in [1.54, 1.807) is 18.3 Å². The van der Waals surface area contributed by atoms with Crippen LogP contribution in [0.2, 0.25) is 0 Å². The molecule has 2 aromatic heterocycles. The molecule has 4 fully saturated rings. The number of amides is 1. The lowest BCUT2D eigenvalue weighted by Gasteiger charge is -2.56. The van der Waals surface area contributed by atoms with Crippen molar-refractivity contribution >= 4 is 44.0 Å². The molecule has 10 rings (SSSR count). The molecule has 0 unspecified atom stereocenters. The molecule has 4 N–H and O–H groups in total. The van der Waals surface area contributed by atoms with Gasteiger partial charge in [-0.2, -0.15) is 0 Å². The molecular weight excluding hydrogens is 859 g/mol. The smallest absolute Gasteiger partial charge is 0.297 e. The number of carbonyl (C=O) groups is 1. The maximum Gasteiger partial charge on any atom is 0.297 e. The van der Waals surface area contributed by atoms with Crippen molar-refractivity contribution < 1.29 is 38.2 Å². The standard InChI is InChI=1S/C50H59N7O8S/c1-31(2)40-6-3-4-7-41(40)43-8-5-19-56(43)36-27-50(28-36)16-20-55(21-17-50)35-11-14-42(45(24-35)65-38-23-33-15-18-51-48(33)52-29-38)49(59)54-66(62,63)39-25-44(57(60)61)47-46(26-39)64-30-34(53-47)22-32-9-12-37(58)13-10-32/h3-4,6-7,11,14-15,18,23-26,29,31-32,34,36-37,43,53,58H,5,8-10,12-13,16-17,19-22,27-28,30H2,1-2H3,(H,51,52)(H,54,59)/t32?,34-,37?,43+/m1/s1/i20D2,21D2. The van der Waals surface area contributed by atoms with E-state index in [0.29, 0.717) is 55.0 Å². The summed E-state index contributed by atoms with van der Waals surface area (Å²) < 4.78 is 80.1. The molecular formula is C50H59N7O8S. The highest BCUT2D eigenvalue weighted by Crippen LogP contribution is 2.54. The van der Waals surface area contributed by atoms with E-state index < -0.39 is 49.8 Å². The molecule has 5 aliphatic rings. The molecule has 0 radical (unpaired) electrons. The minimum absolute atomic E-state index is 0.0330. The number of likely N-dealkylation sites (tertiary alicyclic amines) is 1. The van der Waals surface area contributed by atoms with E-state index in [1.165, 1.54) is 35.5 Å². The first-order chi connectivity index (χ1) is 33.3. The van der Waals surface area contributed by atoms with Crippen LogP contribution < -0.4 is 24.4 Å². The van der Waals surface area contributed by atoms with Crippen LogP contribution in [0.4, 0.5) is 17.1 Å². The fourth-order valence-electron chi connectivity index (χ4n) is 10.9. The number of anilines is 2. The first kappa shape index (κ1) is 39.5. The average Bonchev–Trinajstić information content (AvgIpc) is 3.98. The topological polar surface area (TPSA) is 192 Å². The summed E-state index contributed by atoms with van der Waals surface area (Å²) in [5, 5.41) is 26.2. The SMILES string of the molecule is [2H]C1([2H])CC2(CC(N3CCC[C@H]3c3ccccc3C(C)C)C2)CC([2H])([2H])N1c1ccc(C(=O)NS(=O)(=O)c2cc3c(c([N+](=O)[O-])c2)N[C@H](CC2CCC(O)CC2)CO3)c(Oc2cnc3[nH]ccc3c2)c1. The molecule has 1 spiro atoms. The van der Waals surface area contributed by atoms with Gasteiger partial charge in [0.25, 0.3) is 21.6 Å². The third kappa shape index (κ3) is 8.82. The summed E-state index contributed by atoms with van der Waals surface area (Å²) in [6.07, 6.45) is 9.99. The number of carbonyl (C=O) groups excluding carboxylic acids is 1. The van der Waals surface area contributed by atoms with Gasteiger partial charge in [0.05, 0.1) is 33.7 Å². The molecule has 3 aliphatic heterocycles. The number of pyridine rings is 1. The minimum Gasteiger partial charge on any atom is -0.489 e. The van der Waals surface area contributed by atoms with Crippen molar-refractivity contribution in [3.05, 3.63) is 106 Å². The van der Waals surface area contributed by atoms with Gasteiger partial charge in [0, 0.05) is 66.0 Å². The third-order valence-corrected chi connectivity index (χ3v) is 15.7. The van der Waals surface area contributed by atoms with Gasteiger partial charge in [0.1, 0.15) is 23.8 Å². The van der Waals surface area contributed by atoms with Crippen LogP contribution in [0.25, 0.3) is 11.0 Å². The van der Waals surface area contributed by atoms with E-state index in [2.05, 4.69) is 58.3 Å². The van der Waals surface area contributed by atoms with Crippen LogP contribution >= 0.6 is 0 Å². The Bertz CT molecular complexity index is 2920.